The molecule has 0 spiro atoms. The summed E-state index contributed by atoms with van der Waals surface area (Å²) in [5.41, 5.74) is 0.854. The number of ether oxygens (including phenoxy) is 2. The molecule has 5 heteroatoms. The van der Waals surface area contributed by atoms with Crippen molar-refractivity contribution in [2.24, 2.45) is 0 Å². The van der Waals surface area contributed by atoms with Crippen molar-refractivity contribution in [2.75, 3.05) is 13.2 Å². The zero-order valence-electron chi connectivity index (χ0n) is 8.90. The Morgan fingerprint density at radius 3 is 3.06 bits per heavy atom. The molecule has 1 aromatic carbocycles. The first-order valence-electron chi connectivity index (χ1n) is 5.09. The van der Waals surface area contributed by atoms with Gasteiger partial charge in [0.25, 0.3) is 0 Å². The van der Waals surface area contributed by atoms with Gasteiger partial charge in [0.1, 0.15) is 6.61 Å². The van der Waals surface area contributed by atoms with Gasteiger partial charge in [-0.1, -0.05) is 6.07 Å². The van der Waals surface area contributed by atoms with E-state index >= 15 is 0 Å². The highest BCUT2D eigenvalue weighted by Gasteiger charge is 2.24. The summed E-state index contributed by atoms with van der Waals surface area (Å²) < 4.78 is 10.1. The third kappa shape index (κ3) is 2.03. The van der Waals surface area contributed by atoms with Gasteiger partial charge in [0.15, 0.2) is 11.5 Å². The number of cyclic esters (lactones) is 1. The third-order valence-electron chi connectivity index (χ3n) is 2.36. The summed E-state index contributed by atoms with van der Waals surface area (Å²) in [7, 11) is 0. The summed E-state index contributed by atoms with van der Waals surface area (Å²) in [4.78, 5) is 10.9. The van der Waals surface area contributed by atoms with Gasteiger partial charge in [0, 0.05) is 0 Å². The Morgan fingerprint density at radius 1 is 1.62 bits per heavy atom. The van der Waals surface area contributed by atoms with Gasteiger partial charge >= 0.3 is 6.09 Å². The quantitative estimate of drug-likeness (QED) is 0.816. The second-order valence-electron chi connectivity index (χ2n) is 3.46. The largest absolute Gasteiger partial charge is 0.504 e. The van der Waals surface area contributed by atoms with Crippen LogP contribution in [0.25, 0.3) is 0 Å². The fourth-order valence-electron chi connectivity index (χ4n) is 1.58. The minimum atomic E-state index is -0.420. The van der Waals surface area contributed by atoms with E-state index in [2.05, 4.69) is 5.32 Å². The van der Waals surface area contributed by atoms with Crippen LogP contribution in [-0.4, -0.2) is 24.4 Å². The molecule has 0 saturated carbocycles. The number of rotatable bonds is 3. The summed E-state index contributed by atoms with van der Waals surface area (Å²) >= 11 is 0. The first kappa shape index (κ1) is 10.6. The summed E-state index contributed by atoms with van der Waals surface area (Å²) in [6.07, 6.45) is -0.420. The number of benzene rings is 1. The SMILES string of the molecule is CCOc1cc(C2COC(=O)N2)ccc1O. The molecule has 16 heavy (non-hydrogen) atoms. The van der Waals surface area contributed by atoms with Crippen LogP contribution in [0.5, 0.6) is 11.5 Å². The highest BCUT2D eigenvalue weighted by atomic mass is 16.6. The van der Waals surface area contributed by atoms with Crippen molar-refractivity contribution in [1.29, 1.82) is 0 Å². The summed E-state index contributed by atoms with van der Waals surface area (Å²) in [6.45, 7) is 2.62. The highest BCUT2D eigenvalue weighted by molar-refractivity contribution is 5.70. The second kappa shape index (κ2) is 4.30. The molecule has 1 amide bonds. The van der Waals surface area contributed by atoms with E-state index in [0.717, 1.165) is 5.56 Å². The van der Waals surface area contributed by atoms with Gasteiger partial charge in [-0.15, -0.1) is 0 Å². The van der Waals surface area contributed by atoms with Gasteiger partial charge in [0.2, 0.25) is 0 Å². The smallest absolute Gasteiger partial charge is 0.407 e. The lowest BCUT2D eigenvalue weighted by Crippen LogP contribution is -2.18. The number of hydrogen-bond donors (Lipinski definition) is 2. The molecule has 1 aliphatic heterocycles. The maximum Gasteiger partial charge on any atom is 0.407 e. The lowest BCUT2D eigenvalue weighted by Gasteiger charge is -2.11. The van der Waals surface area contributed by atoms with Crippen LogP contribution in [0.15, 0.2) is 18.2 Å². The van der Waals surface area contributed by atoms with Gasteiger partial charge in [-0.25, -0.2) is 4.79 Å². The number of amides is 1. The first-order valence-corrected chi connectivity index (χ1v) is 5.09. The van der Waals surface area contributed by atoms with Gasteiger partial charge in [0.05, 0.1) is 12.6 Å². The lowest BCUT2D eigenvalue weighted by atomic mass is 10.1. The van der Waals surface area contributed by atoms with Crippen molar-refractivity contribution in [3.63, 3.8) is 0 Å². The topological polar surface area (TPSA) is 67.8 Å². The molecule has 86 valence electrons. The van der Waals surface area contributed by atoms with Crippen molar-refractivity contribution >= 4 is 6.09 Å². The Bertz CT molecular complexity index is 405. The highest BCUT2D eigenvalue weighted by Crippen LogP contribution is 2.30. The van der Waals surface area contributed by atoms with Gasteiger partial charge in [-0.3, -0.25) is 0 Å². The van der Waals surface area contributed by atoms with E-state index < -0.39 is 6.09 Å². The fraction of sp³-hybridized carbons (Fsp3) is 0.364. The summed E-state index contributed by atoms with van der Waals surface area (Å²) in [5.74, 6) is 0.511. The molecule has 1 heterocycles. The van der Waals surface area contributed by atoms with E-state index in [1.807, 2.05) is 6.92 Å². The standard InChI is InChI=1S/C11H13NO4/c1-2-15-10-5-7(3-4-9(10)13)8-6-16-11(14)12-8/h3-5,8,13H,2,6H2,1H3,(H,12,14). The van der Waals surface area contributed by atoms with E-state index in [9.17, 15) is 9.90 Å². The molecule has 2 rings (SSSR count). The van der Waals surface area contributed by atoms with E-state index in [-0.39, 0.29) is 11.8 Å². The third-order valence-corrected chi connectivity index (χ3v) is 2.36. The first-order chi connectivity index (χ1) is 7.70. The molecule has 5 nitrogen and oxygen atoms in total. The van der Waals surface area contributed by atoms with Crippen molar-refractivity contribution < 1.29 is 19.4 Å². The van der Waals surface area contributed by atoms with E-state index in [0.29, 0.717) is 19.0 Å². The van der Waals surface area contributed by atoms with Crippen LogP contribution < -0.4 is 10.1 Å². The number of phenolic OH excluding ortho intramolecular Hbond substituents is 1. The van der Waals surface area contributed by atoms with Gasteiger partial charge in [-0.2, -0.15) is 0 Å². The maximum absolute atomic E-state index is 10.9. The Labute approximate surface area is 93.0 Å². The molecule has 0 aromatic heterocycles. The molecule has 0 aliphatic carbocycles. The van der Waals surface area contributed by atoms with Crippen molar-refractivity contribution in [3.05, 3.63) is 23.8 Å². The zero-order valence-corrected chi connectivity index (χ0v) is 8.90. The minimum absolute atomic E-state index is 0.0934. The fourth-order valence-corrected chi connectivity index (χ4v) is 1.58. The molecule has 0 radical (unpaired) electrons. The van der Waals surface area contributed by atoms with Crippen LogP contribution >= 0.6 is 0 Å². The molecular weight excluding hydrogens is 210 g/mol. The minimum Gasteiger partial charge on any atom is -0.504 e. The van der Waals surface area contributed by atoms with Crippen LogP contribution in [0.2, 0.25) is 0 Å². The van der Waals surface area contributed by atoms with Gasteiger partial charge in [-0.05, 0) is 24.6 Å². The number of carbonyl (C=O) groups excluding carboxylic acids is 1. The lowest BCUT2D eigenvalue weighted by molar-refractivity contribution is 0.177. The van der Waals surface area contributed by atoms with Crippen molar-refractivity contribution in [1.82, 2.24) is 5.32 Å². The number of aromatic hydroxyl groups is 1. The Morgan fingerprint density at radius 2 is 2.44 bits per heavy atom. The summed E-state index contributed by atoms with van der Waals surface area (Å²) in [5, 5.41) is 12.2. The van der Waals surface area contributed by atoms with E-state index in [1.165, 1.54) is 0 Å². The predicted octanol–water partition coefficient (Wildman–Crippen LogP) is 1.57. The molecule has 1 aromatic rings. The normalized spacial score (nSPS) is 19.1. The number of hydrogen-bond acceptors (Lipinski definition) is 4. The number of carbonyl (C=O) groups is 1. The van der Waals surface area contributed by atoms with Crippen LogP contribution in [0.1, 0.15) is 18.5 Å². The summed E-state index contributed by atoms with van der Waals surface area (Å²) in [6, 6.07) is 4.81. The average molecular weight is 223 g/mol. The molecule has 1 aliphatic rings. The predicted molar refractivity (Wildman–Crippen MR) is 56.5 cm³/mol. The van der Waals surface area contributed by atoms with Crippen LogP contribution in [0, 0.1) is 0 Å². The second-order valence-corrected chi connectivity index (χ2v) is 3.46. The zero-order chi connectivity index (χ0) is 11.5. The van der Waals surface area contributed by atoms with Crippen LogP contribution in [-0.2, 0) is 4.74 Å². The molecule has 0 bridgehead atoms. The Balaban J connectivity index is 2.21. The average Bonchev–Trinajstić information content (AvgIpc) is 2.69. The van der Waals surface area contributed by atoms with Crippen LogP contribution in [0.3, 0.4) is 0 Å². The van der Waals surface area contributed by atoms with Crippen molar-refractivity contribution in [3.8, 4) is 11.5 Å². The monoisotopic (exact) mass is 223 g/mol. The molecule has 1 fully saturated rings. The van der Waals surface area contributed by atoms with E-state index in [1.54, 1.807) is 18.2 Å². The number of nitrogens with one attached hydrogen (secondary N) is 1. The molecular formula is C11H13NO4. The molecule has 2 N–H and O–H groups in total. The van der Waals surface area contributed by atoms with E-state index in [4.69, 9.17) is 9.47 Å². The number of phenols is 1. The number of alkyl carbamates (subject to hydrolysis) is 1. The maximum atomic E-state index is 10.9. The molecule has 1 atom stereocenters. The van der Waals surface area contributed by atoms with Crippen molar-refractivity contribution in [2.45, 2.75) is 13.0 Å². The Hall–Kier alpha value is -1.91. The Kier molecular flexibility index (Phi) is 2.85. The molecule has 1 saturated heterocycles. The molecule has 1 unspecified atom stereocenters. The van der Waals surface area contributed by atoms with Gasteiger partial charge < -0.3 is 19.9 Å². The van der Waals surface area contributed by atoms with Crippen LogP contribution in [0.4, 0.5) is 4.79 Å².